The van der Waals surface area contributed by atoms with E-state index < -0.39 is 5.41 Å². The highest BCUT2D eigenvalue weighted by Crippen LogP contribution is 2.32. The Morgan fingerprint density at radius 1 is 1.35 bits per heavy atom. The van der Waals surface area contributed by atoms with E-state index in [9.17, 15) is 4.79 Å². The number of amides is 1. The lowest BCUT2D eigenvalue weighted by Crippen LogP contribution is -2.47. The summed E-state index contributed by atoms with van der Waals surface area (Å²) in [4.78, 5) is 17.3. The number of carbonyl (C=O) groups excluding carboxylic acids is 1. The van der Waals surface area contributed by atoms with Crippen LogP contribution in [0.4, 0.5) is 5.69 Å². The Kier molecular flexibility index (Phi) is 6.81. The fraction of sp³-hybridized carbons (Fsp3) is 0.474. The van der Waals surface area contributed by atoms with Gasteiger partial charge in [0.15, 0.2) is 0 Å². The van der Waals surface area contributed by atoms with Crippen molar-refractivity contribution in [1.29, 1.82) is 0 Å². The van der Waals surface area contributed by atoms with Crippen LogP contribution in [0.25, 0.3) is 11.5 Å². The first-order valence-electron chi connectivity index (χ1n) is 8.58. The van der Waals surface area contributed by atoms with Gasteiger partial charge in [-0.25, -0.2) is 4.98 Å². The SMILES string of the molecule is COCC1(C(=O)Nc2ccc(C)c(-c3nc(C)co3)c2)CCNCC1.Cl. The molecule has 26 heavy (non-hydrogen) atoms. The molecule has 0 spiro atoms. The fourth-order valence-electron chi connectivity index (χ4n) is 3.29. The molecule has 0 bridgehead atoms. The Bertz CT molecular complexity index is 749. The number of nitrogens with zero attached hydrogens (tertiary/aromatic N) is 1. The van der Waals surface area contributed by atoms with E-state index in [2.05, 4.69) is 15.6 Å². The van der Waals surface area contributed by atoms with Gasteiger partial charge in [-0.15, -0.1) is 12.4 Å². The quantitative estimate of drug-likeness (QED) is 0.833. The lowest BCUT2D eigenvalue weighted by molar-refractivity contribution is -0.130. The van der Waals surface area contributed by atoms with Gasteiger partial charge in [0.2, 0.25) is 11.8 Å². The summed E-state index contributed by atoms with van der Waals surface area (Å²) >= 11 is 0. The minimum Gasteiger partial charge on any atom is -0.444 e. The van der Waals surface area contributed by atoms with Crippen LogP contribution in [-0.4, -0.2) is 37.7 Å². The number of aromatic nitrogens is 1. The van der Waals surface area contributed by atoms with E-state index in [-0.39, 0.29) is 18.3 Å². The Balaban J connectivity index is 0.00000243. The number of piperidine rings is 1. The van der Waals surface area contributed by atoms with E-state index in [0.717, 1.165) is 48.4 Å². The molecule has 1 aromatic heterocycles. The minimum absolute atomic E-state index is 0. The fourth-order valence-corrected chi connectivity index (χ4v) is 3.29. The summed E-state index contributed by atoms with van der Waals surface area (Å²) in [6, 6.07) is 5.80. The molecule has 1 aromatic carbocycles. The van der Waals surface area contributed by atoms with Crippen LogP contribution in [-0.2, 0) is 9.53 Å². The molecule has 7 heteroatoms. The van der Waals surface area contributed by atoms with Crippen molar-refractivity contribution in [2.75, 3.05) is 32.1 Å². The number of carbonyl (C=O) groups is 1. The average Bonchev–Trinajstić information content (AvgIpc) is 3.04. The molecule has 1 fully saturated rings. The largest absolute Gasteiger partial charge is 0.444 e. The van der Waals surface area contributed by atoms with Crippen molar-refractivity contribution in [3.05, 3.63) is 35.7 Å². The minimum atomic E-state index is -0.482. The van der Waals surface area contributed by atoms with E-state index in [1.54, 1.807) is 13.4 Å². The number of hydrogen-bond acceptors (Lipinski definition) is 5. The van der Waals surface area contributed by atoms with Crippen molar-refractivity contribution >= 4 is 24.0 Å². The highest BCUT2D eigenvalue weighted by atomic mass is 35.5. The highest BCUT2D eigenvalue weighted by molar-refractivity contribution is 5.96. The lowest BCUT2D eigenvalue weighted by Gasteiger charge is -2.35. The maximum absolute atomic E-state index is 13.0. The lowest BCUT2D eigenvalue weighted by atomic mass is 9.78. The number of benzene rings is 1. The standard InChI is InChI=1S/C19H25N3O3.ClH/c1-13-4-5-15(10-16(13)17-21-14(2)11-25-17)22-18(23)19(12-24-3)6-8-20-9-7-19;/h4-5,10-11,20H,6-9,12H2,1-3H3,(H,22,23);1H. The first kappa shape index (κ1) is 20.4. The summed E-state index contributed by atoms with van der Waals surface area (Å²) in [5, 5.41) is 6.37. The third-order valence-corrected chi connectivity index (χ3v) is 4.81. The number of hydrogen-bond donors (Lipinski definition) is 2. The van der Waals surface area contributed by atoms with Crippen LogP contribution in [0.3, 0.4) is 0 Å². The van der Waals surface area contributed by atoms with E-state index >= 15 is 0 Å². The van der Waals surface area contributed by atoms with Gasteiger partial charge in [-0.1, -0.05) is 6.07 Å². The third kappa shape index (κ3) is 4.26. The Hall–Kier alpha value is -1.89. The second kappa shape index (κ2) is 8.66. The monoisotopic (exact) mass is 379 g/mol. The van der Waals surface area contributed by atoms with Gasteiger partial charge in [-0.2, -0.15) is 0 Å². The first-order valence-corrected chi connectivity index (χ1v) is 8.58. The summed E-state index contributed by atoms with van der Waals surface area (Å²) in [5.74, 6) is 0.578. The number of ether oxygens (including phenoxy) is 1. The summed E-state index contributed by atoms with van der Waals surface area (Å²) in [5.41, 5.74) is 3.03. The zero-order chi connectivity index (χ0) is 17.9. The van der Waals surface area contributed by atoms with Crippen LogP contribution >= 0.6 is 12.4 Å². The maximum atomic E-state index is 13.0. The maximum Gasteiger partial charge on any atom is 0.233 e. The molecule has 2 N–H and O–H groups in total. The van der Waals surface area contributed by atoms with Crippen molar-refractivity contribution in [1.82, 2.24) is 10.3 Å². The molecular weight excluding hydrogens is 354 g/mol. The molecule has 0 atom stereocenters. The van der Waals surface area contributed by atoms with Crippen molar-refractivity contribution in [3.8, 4) is 11.5 Å². The smallest absolute Gasteiger partial charge is 0.233 e. The first-order chi connectivity index (χ1) is 12.0. The van der Waals surface area contributed by atoms with Gasteiger partial charge < -0.3 is 19.8 Å². The van der Waals surface area contributed by atoms with Crippen LogP contribution in [0.15, 0.2) is 28.9 Å². The Morgan fingerprint density at radius 2 is 2.08 bits per heavy atom. The van der Waals surface area contributed by atoms with Gasteiger partial charge in [-0.05, 0) is 57.5 Å². The molecule has 0 saturated carbocycles. The molecule has 2 heterocycles. The van der Waals surface area contributed by atoms with Crippen molar-refractivity contribution < 1.29 is 13.9 Å². The second-order valence-corrected chi connectivity index (χ2v) is 6.74. The predicted octanol–water partition coefficient (Wildman–Crippen LogP) is 3.33. The van der Waals surface area contributed by atoms with Crippen LogP contribution < -0.4 is 10.6 Å². The van der Waals surface area contributed by atoms with Crippen LogP contribution in [0.5, 0.6) is 0 Å². The van der Waals surface area contributed by atoms with Gasteiger partial charge >= 0.3 is 0 Å². The molecule has 0 unspecified atom stereocenters. The highest BCUT2D eigenvalue weighted by Gasteiger charge is 2.39. The van der Waals surface area contributed by atoms with Crippen molar-refractivity contribution in [3.63, 3.8) is 0 Å². The van der Waals surface area contributed by atoms with E-state index in [1.807, 2.05) is 32.0 Å². The molecule has 6 nitrogen and oxygen atoms in total. The van der Waals surface area contributed by atoms with Gasteiger partial charge in [0.05, 0.1) is 17.7 Å². The summed E-state index contributed by atoms with van der Waals surface area (Å²) < 4.78 is 10.9. The number of halogens is 1. The van der Waals surface area contributed by atoms with E-state index in [0.29, 0.717) is 12.5 Å². The molecule has 1 amide bonds. The predicted molar refractivity (Wildman–Crippen MR) is 104 cm³/mol. The van der Waals surface area contributed by atoms with Gasteiger partial charge in [-0.3, -0.25) is 4.79 Å². The topological polar surface area (TPSA) is 76.4 Å². The summed E-state index contributed by atoms with van der Waals surface area (Å²) in [6.07, 6.45) is 3.16. The molecule has 1 aliphatic rings. The number of oxazole rings is 1. The van der Waals surface area contributed by atoms with Crippen LogP contribution in [0, 0.1) is 19.3 Å². The average molecular weight is 380 g/mol. The second-order valence-electron chi connectivity index (χ2n) is 6.74. The molecule has 1 aliphatic heterocycles. The number of nitrogens with one attached hydrogen (secondary N) is 2. The number of methoxy groups -OCH3 is 1. The van der Waals surface area contributed by atoms with Gasteiger partial charge in [0.25, 0.3) is 0 Å². The van der Waals surface area contributed by atoms with Gasteiger partial charge in [0.1, 0.15) is 6.26 Å². The number of rotatable bonds is 5. The van der Waals surface area contributed by atoms with Crippen LogP contribution in [0.1, 0.15) is 24.1 Å². The normalized spacial score (nSPS) is 16.0. The number of anilines is 1. The molecule has 0 radical (unpaired) electrons. The molecule has 142 valence electrons. The van der Waals surface area contributed by atoms with Crippen molar-refractivity contribution in [2.45, 2.75) is 26.7 Å². The molecule has 1 saturated heterocycles. The van der Waals surface area contributed by atoms with Crippen molar-refractivity contribution in [2.24, 2.45) is 5.41 Å². The third-order valence-electron chi connectivity index (χ3n) is 4.81. The molecule has 0 aliphatic carbocycles. The molecular formula is C19H26ClN3O3. The Labute approximate surface area is 160 Å². The summed E-state index contributed by atoms with van der Waals surface area (Å²) in [6.45, 7) is 5.97. The van der Waals surface area contributed by atoms with Gasteiger partial charge in [0, 0.05) is 18.4 Å². The molecule has 2 aromatic rings. The zero-order valence-corrected chi connectivity index (χ0v) is 16.2. The Morgan fingerprint density at radius 3 is 2.69 bits per heavy atom. The van der Waals surface area contributed by atoms with E-state index in [1.165, 1.54) is 0 Å². The number of aryl methyl sites for hydroxylation is 2. The molecule has 3 rings (SSSR count). The summed E-state index contributed by atoms with van der Waals surface area (Å²) in [7, 11) is 1.64. The van der Waals surface area contributed by atoms with E-state index in [4.69, 9.17) is 9.15 Å². The zero-order valence-electron chi connectivity index (χ0n) is 15.4. The van der Waals surface area contributed by atoms with Crippen LogP contribution in [0.2, 0.25) is 0 Å².